The van der Waals surface area contributed by atoms with Gasteiger partial charge in [-0.25, -0.2) is 13.2 Å². The Kier molecular flexibility index (Phi) is 10.2. The number of carbonyl (C=O) groups is 3. The van der Waals surface area contributed by atoms with Gasteiger partial charge in [-0.05, 0) is 12.0 Å². The molecule has 0 saturated carbocycles. The zero-order valence-corrected chi connectivity index (χ0v) is 15.4. The molecule has 0 bridgehead atoms. The SMILES string of the molecule is CS(=O)(=O)NC(=O)CC[C@H](NCc1ccccc1)C(=O)O.O=C(O)C(F)(F)F. The van der Waals surface area contributed by atoms with Crippen molar-refractivity contribution in [3.8, 4) is 0 Å². The summed E-state index contributed by atoms with van der Waals surface area (Å²) in [6.45, 7) is 0.353. The smallest absolute Gasteiger partial charge is 0.480 e. The Morgan fingerprint density at radius 1 is 1.11 bits per heavy atom. The van der Waals surface area contributed by atoms with Crippen molar-refractivity contribution in [1.82, 2.24) is 10.0 Å². The number of carboxylic acids is 2. The van der Waals surface area contributed by atoms with Gasteiger partial charge in [-0.15, -0.1) is 0 Å². The van der Waals surface area contributed by atoms with E-state index in [0.29, 0.717) is 6.54 Å². The Morgan fingerprint density at radius 2 is 1.61 bits per heavy atom. The van der Waals surface area contributed by atoms with Crippen LogP contribution in [0.1, 0.15) is 18.4 Å². The molecule has 0 heterocycles. The highest BCUT2D eigenvalue weighted by Gasteiger charge is 2.38. The number of aliphatic carboxylic acids is 2. The van der Waals surface area contributed by atoms with Crippen molar-refractivity contribution in [2.75, 3.05) is 6.26 Å². The van der Waals surface area contributed by atoms with Crippen LogP contribution in [-0.4, -0.2) is 55.0 Å². The van der Waals surface area contributed by atoms with E-state index in [2.05, 4.69) is 5.32 Å². The number of carboxylic acid groups (broad SMARTS) is 2. The maximum absolute atomic E-state index is 11.3. The molecule has 4 N–H and O–H groups in total. The molecular weight excluding hydrogens is 409 g/mol. The Morgan fingerprint density at radius 3 is 2.00 bits per heavy atom. The van der Waals surface area contributed by atoms with E-state index < -0.39 is 40.1 Å². The van der Waals surface area contributed by atoms with Crippen LogP contribution in [-0.2, 0) is 31.0 Å². The summed E-state index contributed by atoms with van der Waals surface area (Å²) in [5, 5.41) is 19.0. The van der Waals surface area contributed by atoms with Gasteiger partial charge in [0.25, 0.3) is 0 Å². The van der Waals surface area contributed by atoms with Crippen molar-refractivity contribution in [3.05, 3.63) is 35.9 Å². The molecule has 28 heavy (non-hydrogen) atoms. The number of nitrogens with one attached hydrogen (secondary N) is 2. The minimum Gasteiger partial charge on any atom is -0.480 e. The number of carbonyl (C=O) groups excluding carboxylic acids is 1. The van der Waals surface area contributed by atoms with Gasteiger partial charge >= 0.3 is 18.1 Å². The van der Waals surface area contributed by atoms with Gasteiger partial charge < -0.3 is 15.5 Å². The molecule has 0 aliphatic heterocycles. The van der Waals surface area contributed by atoms with E-state index in [1.54, 1.807) is 4.72 Å². The maximum Gasteiger partial charge on any atom is 0.490 e. The predicted molar refractivity (Wildman–Crippen MR) is 90.6 cm³/mol. The van der Waals surface area contributed by atoms with Crippen molar-refractivity contribution in [3.63, 3.8) is 0 Å². The summed E-state index contributed by atoms with van der Waals surface area (Å²) in [6.07, 6.45) is -4.40. The molecule has 0 radical (unpaired) electrons. The van der Waals surface area contributed by atoms with Crippen molar-refractivity contribution in [1.29, 1.82) is 0 Å². The Bertz CT molecular complexity index is 768. The summed E-state index contributed by atoms with van der Waals surface area (Å²) in [5.41, 5.74) is 0.921. The zero-order chi connectivity index (χ0) is 22.0. The summed E-state index contributed by atoms with van der Waals surface area (Å²) in [7, 11) is -3.61. The highest BCUT2D eigenvalue weighted by molar-refractivity contribution is 7.89. The van der Waals surface area contributed by atoms with E-state index in [1.807, 2.05) is 30.3 Å². The first-order valence-electron chi connectivity index (χ1n) is 7.53. The number of rotatable bonds is 8. The Labute approximate surface area is 158 Å². The highest BCUT2D eigenvalue weighted by Crippen LogP contribution is 2.13. The second kappa shape index (κ2) is 11.2. The van der Waals surface area contributed by atoms with Crippen LogP contribution in [0, 0.1) is 0 Å². The van der Waals surface area contributed by atoms with Crippen molar-refractivity contribution < 1.29 is 46.2 Å². The number of hydrogen-bond donors (Lipinski definition) is 4. The number of alkyl halides is 3. The Balaban J connectivity index is 0.000000887. The lowest BCUT2D eigenvalue weighted by atomic mass is 10.1. The van der Waals surface area contributed by atoms with E-state index in [0.717, 1.165) is 11.8 Å². The summed E-state index contributed by atoms with van der Waals surface area (Å²) < 4.78 is 55.3. The Hall–Kier alpha value is -2.67. The zero-order valence-electron chi connectivity index (χ0n) is 14.6. The van der Waals surface area contributed by atoms with Gasteiger partial charge in [0.05, 0.1) is 6.26 Å². The molecule has 1 aromatic carbocycles. The summed E-state index contributed by atoms with van der Waals surface area (Å²) in [5.74, 6) is -4.56. The molecule has 0 unspecified atom stereocenters. The first-order valence-corrected chi connectivity index (χ1v) is 9.42. The fourth-order valence-electron chi connectivity index (χ4n) is 1.68. The van der Waals surface area contributed by atoms with E-state index >= 15 is 0 Å². The molecule has 9 nitrogen and oxygen atoms in total. The minimum atomic E-state index is -5.08. The van der Waals surface area contributed by atoms with Gasteiger partial charge in [-0.2, -0.15) is 13.2 Å². The van der Waals surface area contributed by atoms with Gasteiger partial charge in [0, 0.05) is 13.0 Å². The highest BCUT2D eigenvalue weighted by atomic mass is 32.2. The monoisotopic (exact) mass is 428 g/mol. The second-order valence-electron chi connectivity index (χ2n) is 5.40. The normalized spacial score (nSPS) is 12.3. The standard InChI is InChI=1S/C13H18N2O5S.C2HF3O2/c1-21(19,20)15-12(16)8-7-11(13(17)18)14-9-10-5-3-2-4-6-10;3-2(4,5)1(6)7/h2-6,11,14H,7-9H2,1H3,(H,15,16)(H,17,18);(H,6,7)/t11-;/m0./s1. The van der Waals surface area contributed by atoms with E-state index in [4.69, 9.17) is 15.0 Å². The molecular formula is C15H19F3N2O7S. The first-order chi connectivity index (χ1) is 12.7. The number of benzene rings is 1. The molecule has 0 aliphatic rings. The van der Waals surface area contributed by atoms with Gasteiger partial charge in [0.2, 0.25) is 15.9 Å². The molecule has 0 aliphatic carbocycles. The van der Waals surface area contributed by atoms with E-state index in [1.165, 1.54) is 0 Å². The van der Waals surface area contributed by atoms with Crippen LogP contribution in [0.3, 0.4) is 0 Å². The molecule has 1 aromatic rings. The van der Waals surface area contributed by atoms with Gasteiger partial charge in [-0.3, -0.25) is 14.3 Å². The number of amides is 1. The van der Waals surface area contributed by atoms with E-state index in [-0.39, 0.29) is 12.8 Å². The third-order valence-corrected chi connectivity index (χ3v) is 3.49. The largest absolute Gasteiger partial charge is 0.490 e. The molecule has 1 rings (SSSR count). The van der Waals surface area contributed by atoms with Crippen molar-refractivity contribution >= 4 is 27.9 Å². The predicted octanol–water partition coefficient (Wildman–Crippen LogP) is 0.719. The third kappa shape index (κ3) is 12.6. The van der Waals surface area contributed by atoms with Gasteiger partial charge in [0.1, 0.15) is 6.04 Å². The molecule has 0 fully saturated rings. The lowest BCUT2D eigenvalue weighted by molar-refractivity contribution is -0.192. The minimum absolute atomic E-state index is 0.00349. The fourth-order valence-corrected chi connectivity index (χ4v) is 2.20. The van der Waals surface area contributed by atoms with E-state index in [9.17, 15) is 31.2 Å². The van der Waals surface area contributed by atoms with Crippen LogP contribution in [0.2, 0.25) is 0 Å². The average Bonchev–Trinajstić information content (AvgIpc) is 2.53. The quantitative estimate of drug-likeness (QED) is 0.473. The number of halogens is 3. The van der Waals surface area contributed by atoms with Crippen molar-refractivity contribution in [2.45, 2.75) is 31.6 Å². The number of sulfonamides is 1. The van der Waals surface area contributed by atoms with Crippen LogP contribution < -0.4 is 10.0 Å². The fraction of sp³-hybridized carbons (Fsp3) is 0.400. The third-order valence-electron chi connectivity index (χ3n) is 2.90. The lowest BCUT2D eigenvalue weighted by Crippen LogP contribution is -2.38. The van der Waals surface area contributed by atoms with Crippen LogP contribution in [0.25, 0.3) is 0 Å². The average molecular weight is 428 g/mol. The molecule has 0 spiro atoms. The molecule has 0 saturated heterocycles. The van der Waals surface area contributed by atoms with Crippen LogP contribution in [0.4, 0.5) is 13.2 Å². The molecule has 13 heteroatoms. The summed E-state index contributed by atoms with van der Waals surface area (Å²) in [6, 6.07) is 8.31. The first kappa shape index (κ1) is 25.3. The number of hydrogen-bond acceptors (Lipinski definition) is 6. The second-order valence-corrected chi connectivity index (χ2v) is 7.14. The van der Waals surface area contributed by atoms with Crippen molar-refractivity contribution in [2.24, 2.45) is 0 Å². The maximum atomic E-state index is 11.3. The van der Waals surface area contributed by atoms with Crippen LogP contribution >= 0.6 is 0 Å². The molecule has 158 valence electrons. The molecule has 1 amide bonds. The van der Waals surface area contributed by atoms with Gasteiger partial charge in [-0.1, -0.05) is 30.3 Å². The topological polar surface area (TPSA) is 150 Å². The lowest BCUT2D eigenvalue weighted by Gasteiger charge is -2.14. The van der Waals surface area contributed by atoms with Crippen LogP contribution in [0.15, 0.2) is 30.3 Å². The van der Waals surface area contributed by atoms with Crippen LogP contribution in [0.5, 0.6) is 0 Å². The summed E-state index contributed by atoms with van der Waals surface area (Å²) in [4.78, 5) is 31.4. The molecule has 1 atom stereocenters. The molecule has 0 aromatic heterocycles. The summed E-state index contributed by atoms with van der Waals surface area (Å²) >= 11 is 0. The van der Waals surface area contributed by atoms with Gasteiger partial charge in [0.15, 0.2) is 0 Å².